The minimum atomic E-state index is -0.559. The molecule has 5 heterocycles. The third kappa shape index (κ3) is 33.5. The predicted octanol–water partition coefficient (Wildman–Crippen LogP) is 16.6. The molecule has 2 aromatic heterocycles. The third-order valence-corrected chi connectivity index (χ3v) is 20.5. The van der Waals surface area contributed by atoms with E-state index in [9.17, 15) is 33.6 Å². The highest BCUT2D eigenvalue weighted by atomic mass is 32.2. The van der Waals surface area contributed by atoms with Gasteiger partial charge in [-0.1, -0.05) is 142 Å². The molecule has 0 spiro atoms. The minimum absolute atomic E-state index is 0.0193. The van der Waals surface area contributed by atoms with E-state index < -0.39 is 29.8 Å². The van der Waals surface area contributed by atoms with Crippen molar-refractivity contribution in [1.82, 2.24) is 29.9 Å². The van der Waals surface area contributed by atoms with E-state index >= 15 is 0 Å². The van der Waals surface area contributed by atoms with Gasteiger partial charge in [-0.3, -0.25) is 14.6 Å². The highest BCUT2D eigenvalue weighted by Gasteiger charge is 2.40. The van der Waals surface area contributed by atoms with Gasteiger partial charge in [0.2, 0.25) is 22.2 Å². The van der Waals surface area contributed by atoms with Gasteiger partial charge in [0.05, 0.1) is 43.2 Å². The molecule has 13 rings (SSSR count). The Morgan fingerprint density at radius 1 is 0.464 bits per heavy atom. The predicted molar refractivity (Wildman–Crippen MR) is 471 cm³/mol. The second kappa shape index (κ2) is 48.9. The fourth-order valence-electron chi connectivity index (χ4n) is 10.4. The van der Waals surface area contributed by atoms with Crippen LogP contribution in [0.25, 0.3) is 0 Å². The molecule has 3 saturated heterocycles. The lowest BCUT2D eigenvalue weighted by atomic mass is 10.2. The Morgan fingerprint density at radius 2 is 0.896 bits per heavy atom. The number of benzene rings is 7. The Hall–Kier alpha value is -12.7. The maximum absolute atomic E-state index is 12.3. The normalized spacial score (nSPS) is 14.6. The number of hydrogen-bond acceptors (Lipinski definition) is 32. The van der Waals surface area contributed by atoms with Gasteiger partial charge in [-0.25, -0.2) is 28.8 Å². The summed E-state index contributed by atoms with van der Waals surface area (Å²) >= 11 is 3.98. The van der Waals surface area contributed by atoms with E-state index in [2.05, 4.69) is 64.7 Å². The van der Waals surface area contributed by atoms with Crippen molar-refractivity contribution < 1.29 is 99.9 Å². The molecule has 125 heavy (non-hydrogen) atoms. The van der Waals surface area contributed by atoms with E-state index in [0.29, 0.717) is 106 Å². The molecular weight excluding hydrogens is 1660 g/mol. The van der Waals surface area contributed by atoms with Gasteiger partial charge in [-0.05, 0) is 180 Å². The summed E-state index contributed by atoms with van der Waals surface area (Å²) < 4.78 is 74.4. The van der Waals surface area contributed by atoms with Crippen molar-refractivity contribution in [2.45, 2.75) is 98.2 Å². The molecule has 0 amide bonds. The van der Waals surface area contributed by atoms with E-state index in [1.165, 1.54) is 36.4 Å². The van der Waals surface area contributed by atoms with E-state index in [1.807, 2.05) is 155 Å². The fraction of sp³-hybridized carbons (Fsp3) is 0.301. The fourth-order valence-corrected chi connectivity index (χ4v) is 12.7. The molecule has 0 radical (unpaired) electrons. The van der Waals surface area contributed by atoms with E-state index in [0.717, 1.165) is 81.5 Å². The van der Waals surface area contributed by atoms with Crippen molar-refractivity contribution in [2.75, 3.05) is 108 Å². The van der Waals surface area contributed by atoms with Crippen molar-refractivity contribution in [2.24, 2.45) is 5.92 Å². The molecule has 7 aromatic carbocycles. The van der Waals surface area contributed by atoms with E-state index in [1.54, 1.807) is 70.2 Å². The van der Waals surface area contributed by atoms with Crippen LogP contribution >= 0.6 is 35.3 Å². The van der Waals surface area contributed by atoms with Crippen LogP contribution < -0.4 is 33.5 Å². The van der Waals surface area contributed by atoms with Crippen LogP contribution in [0.3, 0.4) is 0 Å². The zero-order valence-electron chi connectivity index (χ0n) is 70.1. The number of aromatic nitrogens is 6. The number of para-hydroxylation sites is 4. The second-order valence-electron chi connectivity index (χ2n) is 28.4. The first-order valence-electron chi connectivity index (χ1n) is 39.9. The number of nitrogens with zero attached hydrogens (tertiary/aromatic N) is 8. The summed E-state index contributed by atoms with van der Waals surface area (Å²) in [5.74, 6) is 1.06. The van der Waals surface area contributed by atoms with Crippen LogP contribution in [0.5, 0.6) is 29.3 Å². The van der Waals surface area contributed by atoms with Gasteiger partial charge in [0.25, 0.3) is 0 Å². The third-order valence-electron chi connectivity index (χ3n) is 17.4. The van der Waals surface area contributed by atoms with Crippen LogP contribution in [-0.4, -0.2) is 187 Å². The summed E-state index contributed by atoms with van der Waals surface area (Å²) in [7, 11) is 0. The summed E-state index contributed by atoms with van der Waals surface area (Å²) in [5.41, 5.74) is 5.75. The molecule has 1 saturated carbocycles. The van der Waals surface area contributed by atoms with Gasteiger partial charge >= 0.3 is 47.8 Å². The van der Waals surface area contributed by atoms with Gasteiger partial charge in [0, 0.05) is 67.2 Å². The summed E-state index contributed by atoms with van der Waals surface area (Å²) in [6.45, 7) is 29.9. The second-order valence-corrected chi connectivity index (χ2v) is 31.5. The number of rotatable bonds is 44. The van der Waals surface area contributed by atoms with Crippen LogP contribution in [0, 0.1) is 5.92 Å². The Bertz CT molecular complexity index is 5070. The number of hydrogen-bond donors (Lipinski definition) is 0. The molecule has 1 aliphatic carbocycles. The molecular formula is C93H98N8O21S3. The summed E-state index contributed by atoms with van der Waals surface area (Å²) in [6.07, 6.45) is 5.88. The van der Waals surface area contributed by atoms with Gasteiger partial charge in [-0.15, -0.1) is 4.98 Å². The molecule has 0 N–H and O–H groups in total. The minimum Gasteiger partial charge on any atom is -0.490 e. The monoisotopic (exact) mass is 1760 g/mol. The molecule has 3 unspecified atom stereocenters. The SMILES string of the molecule is C=C(C)C(=O)OCCOc1ccc(OCC2CO2)c(OCCOC(=O)C(=C)C)c1.C=C(C)C(=O)OCCOc1nc(OCC2CO2)nc(N(c2ccccc2)c2ccccc2)n1.C=C(C)C(=O)Sc1nc(SCC2(C)CO2)nc(N(c2ccccc2)c2ccccc2)n1.C=CC(=O)OCCOC(=O)c1ccc(Sc2ccc(C(=O)OCCCC3CC3)cc2)cc1. The average molecular weight is 1760 g/mol. The number of epoxide rings is 3. The number of ether oxygens (including phenoxy) is 14. The molecule has 3 aliphatic heterocycles. The average Bonchev–Trinajstić information content (AvgIpc) is 1.56. The molecule has 4 fully saturated rings. The zero-order chi connectivity index (χ0) is 88.9. The maximum atomic E-state index is 12.3. The number of carbonyl (C=O) groups is 7. The van der Waals surface area contributed by atoms with Gasteiger partial charge in [-0.2, -0.15) is 24.9 Å². The maximum Gasteiger partial charge on any atom is 0.338 e. The first kappa shape index (κ1) is 94.5. The molecule has 9 aromatic rings. The lowest BCUT2D eigenvalue weighted by Crippen LogP contribution is -2.18. The molecule has 4 aliphatic rings. The molecule has 3 atom stereocenters. The molecule has 654 valence electrons. The van der Waals surface area contributed by atoms with Crippen molar-refractivity contribution in [3.05, 3.63) is 260 Å². The number of thioether (sulfide) groups is 2. The molecule has 29 nitrogen and oxygen atoms in total. The summed E-state index contributed by atoms with van der Waals surface area (Å²) in [6, 6.07) is 58.7. The molecule has 0 bridgehead atoms. The van der Waals surface area contributed by atoms with Crippen LogP contribution in [0.2, 0.25) is 0 Å². The van der Waals surface area contributed by atoms with Gasteiger partial charge < -0.3 is 66.3 Å². The van der Waals surface area contributed by atoms with Crippen molar-refractivity contribution in [3.63, 3.8) is 0 Å². The summed E-state index contributed by atoms with van der Waals surface area (Å²) in [5, 5.41) is 0.728. The zero-order valence-corrected chi connectivity index (χ0v) is 72.5. The van der Waals surface area contributed by atoms with Gasteiger partial charge in [0.15, 0.2) is 16.7 Å². The number of anilines is 6. The largest absolute Gasteiger partial charge is 0.490 e. The first-order chi connectivity index (χ1) is 60.4. The highest BCUT2D eigenvalue weighted by Crippen LogP contribution is 2.40. The first-order valence-corrected chi connectivity index (χ1v) is 42.5. The lowest BCUT2D eigenvalue weighted by Gasteiger charge is -2.23. The summed E-state index contributed by atoms with van der Waals surface area (Å²) in [4.78, 5) is 115. The van der Waals surface area contributed by atoms with Crippen molar-refractivity contribution in [1.29, 1.82) is 0 Å². The Labute approximate surface area is 738 Å². The van der Waals surface area contributed by atoms with Crippen molar-refractivity contribution >= 4 is 111 Å². The Kier molecular flexibility index (Phi) is 37.0. The lowest BCUT2D eigenvalue weighted by molar-refractivity contribution is -0.140. The van der Waals surface area contributed by atoms with Crippen molar-refractivity contribution in [3.8, 4) is 29.3 Å². The standard InChI is InChI=1S/C25H26O6S.C24H24N4O5.C23H22N4O2S2.C21H26O8/c1-2-23(26)29-16-17-31-25(28)20-9-13-22(14-10-20)32-21-11-7-19(8-12-21)24(27)30-15-3-4-18-5-6-18;1-17(2)21(29)30-13-14-31-23-25-22(26-24(27-23)33-16-20-15-32-20)28(18-9-5-3-6-10-18)19-11-7-4-8-12-19;1-16(2)19(28)31-22-25-20(24-21(26-22)30-15-23(3)14-29-23)27(17-10-6-4-7-11-17)18-12-8-5-9-13-18;1-14(2)20(22)26-9-7-24-16-5-6-18(29-13-17-12-28-17)19(11-16)25-8-10-27-21(23)15(3)4/h2,7-14,18H,1,3-6,15-17H2;3-12,20H,1,13-16H2,2H3;4-13H,1,14-15H2,2-3H3;5-6,11,17H,1,3,7-10,12-13H2,2,4H3. The smallest absolute Gasteiger partial charge is 0.338 e. The quantitative estimate of drug-likeness (QED) is 0.00855. The van der Waals surface area contributed by atoms with Crippen LogP contribution in [0.4, 0.5) is 34.6 Å². The number of esters is 6. The van der Waals surface area contributed by atoms with Crippen LogP contribution in [-0.2, 0) is 66.6 Å². The Balaban J connectivity index is 0.000000174. The van der Waals surface area contributed by atoms with E-state index in [-0.39, 0.29) is 93.8 Å². The number of carbonyl (C=O) groups excluding carboxylic acids is 7. The molecule has 32 heteroatoms. The topological polar surface area (TPSA) is 342 Å². The van der Waals surface area contributed by atoms with Crippen LogP contribution in [0.1, 0.15) is 81.0 Å². The van der Waals surface area contributed by atoms with Crippen LogP contribution in [0.15, 0.2) is 269 Å². The van der Waals surface area contributed by atoms with Gasteiger partial charge in [0.1, 0.15) is 84.0 Å². The highest BCUT2D eigenvalue weighted by molar-refractivity contribution is 8.14. The Morgan fingerprint density at radius 3 is 1.35 bits per heavy atom. The van der Waals surface area contributed by atoms with E-state index in [4.69, 9.17) is 71.3 Å².